The lowest BCUT2D eigenvalue weighted by Gasteiger charge is -2.21. The van der Waals surface area contributed by atoms with Crippen molar-refractivity contribution < 1.29 is 4.74 Å². The molecule has 0 bridgehead atoms. The molecule has 100 valence electrons. The van der Waals surface area contributed by atoms with Gasteiger partial charge in [-0.2, -0.15) is 0 Å². The summed E-state index contributed by atoms with van der Waals surface area (Å²) in [4.78, 5) is 2.18. The van der Waals surface area contributed by atoms with Crippen LogP contribution in [0.5, 0.6) is 0 Å². The lowest BCUT2D eigenvalue weighted by atomic mass is 9.96. The van der Waals surface area contributed by atoms with E-state index in [9.17, 15) is 0 Å². The Kier molecular flexibility index (Phi) is 4.72. The molecule has 1 atom stereocenters. The van der Waals surface area contributed by atoms with Crippen molar-refractivity contribution in [3.63, 3.8) is 0 Å². The van der Waals surface area contributed by atoms with E-state index in [0.717, 1.165) is 6.54 Å². The Bertz CT molecular complexity index is 508. The number of hydrogen-bond donors (Lipinski definition) is 0. The van der Waals surface area contributed by atoms with Crippen LogP contribution in [0.1, 0.15) is 22.8 Å². The fraction of sp³-hybridized carbons (Fsp3) is 0.294. The molecule has 0 radical (unpaired) electrons. The zero-order valence-electron chi connectivity index (χ0n) is 11.8. The Balaban J connectivity index is 2.38. The van der Waals surface area contributed by atoms with Crippen LogP contribution in [-0.4, -0.2) is 26.1 Å². The third-order valence-corrected chi connectivity index (χ3v) is 3.16. The molecular weight excluding hydrogens is 234 g/mol. The third-order valence-electron chi connectivity index (χ3n) is 3.16. The smallest absolute Gasteiger partial charge is 0.107 e. The highest BCUT2D eigenvalue weighted by atomic mass is 16.5. The molecule has 0 N–H and O–H groups in total. The molecule has 0 aliphatic heterocycles. The van der Waals surface area contributed by atoms with Gasteiger partial charge in [0.25, 0.3) is 0 Å². The van der Waals surface area contributed by atoms with Crippen LogP contribution in [0.4, 0.5) is 0 Å². The van der Waals surface area contributed by atoms with Crippen molar-refractivity contribution in [2.45, 2.75) is 12.6 Å². The first kappa shape index (κ1) is 13.8. The molecule has 2 rings (SSSR count). The van der Waals surface area contributed by atoms with Gasteiger partial charge in [0.2, 0.25) is 0 Å². The first-order chi connectivity index (χ1) is 9.22. The summed E-state index contributed by atoms with van der Waals surface area (Å²) in [6, 6.07) is 18.8. The highest BCUT2D eigenvalue weighted by Crippen LogP contribution is 2.28. The van der Waals surface area contributed by atoms with E-state index in [1.807, 2.05) is 6.07 Å². The lowest BCUT2D eigenvalue weighted by molar-refractivity contribution is 0.135. The molecule has 2 nitrogen and oxygen atoms in total. The molecule has 0 aliphatic rings. The van der Waals surface area contributed by atoms with Crippen LogP contribution in [0.2, 0.25) is 0 Å². The molecule has 19 heavy (non-hydrogen) atoms. The van der Waals surface area contributed by atoms with E-state index in [1.165, 1.54) is 16.7 Å². The van der Waals surface area contributed by atoms with Gasteiger partial charge in [-0.1, -0.05) is 54.6 Å². The van der Waals surface area contributed by atoms with Crippen molar-refractivity contribution in [3.05, 3.63) is 71.3 Å². The van der Waals surface area contributed by atoms with Gasteiger partial charge in [-0.05, 0) is 30.8 Å². The second-order valence-corrected chi connectivity index (χ2v) is 4.96. The van der Waals surface area contributed by atoms with Crippen LogP contribution < -0.4 is 0 Å². The zero-order valence-corrected chi connectivity index (χ0v) is 11.8. The quantitative estimate of drug-likeness (QED) is 0.811. The lowest BCUT2D eigenvalue weighted by Crippen LogP contribution is -2.14. The average Bonchev–Trinajstić information content (AvgIpc) is 2.42. The van der Waals surface area contributed by atoms with Crippen LogP contribution in [0.15, 0.2) is 54.6 Å². The van der Waals surface area contributed by atoms with E-state index < -0.39 is 0 Å². The Hall–Kier alpha value is -1.64. The summed E-state index contributed by atoms with van der Waals surface area (Å²) in [5.41, 5.74) is 3.74. The summed E-state index contributed by atoms with van der Waals surface area (Å²) >= 11 is 0. The maximum Gasteiger partial charge on any atom is 0.107 e. The summed E-state index contributed by atoms with van der Waals surface area (Å²) in [5, 5.41) is 0. The minimum absolute atomic E-state index is 0.00245. The Morgan fingerprint density at radius 2 is 1.58 bits per heavy atom. The summed E-state index contributed by atoms with van der Waals surface area (Å²) in [5.74, 6) is 0. The Labute approximate surface area is 115 Å². The zero-order chi connectivity index (χ0) is 13.7. The third kappa shape index (κ3) is 3.43. The molecule has 2 aromatic carbocycles. The minimum Gasteiger partial charge on any atom is -0.372 e. The predicted octanol–water partition coefficient (Wildman–Crippen LogP) is 3.48. The van der Waals surface area contributed by atoms with E-state index in [4.69, 9.17) is 4.74 Å². The van der Waals surface area contributed by atoms with Gasteiger partial charge in [0, 0.05) is 13.7 Å². The second kappa shape index (κ2) is 6.50. The van der Waals surface area contributed by atoms with Crippen LogP contribution in [-0.2, 0) is 11.3 Å². The number of rotatable bonds is 5. The summed E-state index contributed by atoms with van der Waals surface area (Å²) in [7, 11) is 5.94. The average molecular weight is 255 g/mol. The molecule has 0 heterocycles. The van der Waals surface area contributed by atoms with Gasteiger partial charge in [-0.15, -0.1) is 0 Å². The molecule has 0 aliphatic carbocycles. The molecule has 2 aromatic rings. The van der Waals surface area contributed by atoms with E-state index in [2.05, 4.69) is 67.5 Å². The molecule has 0 saturated carbocycles. The van der Waals surface area contributed by atoms with Crippen LogP contribution in [0, 0.1) is 0 Å². The van der Waals surface area contributed by atoms with Gasteiger partial charge in [0.15, 0.2) is 0 Å². The van der Waals surface area contributed by atoms with Crippen LogP contribution >= 0.6 is 0 Å². The number of benzene rings is 2. The molecular formula is C17H21NO. The van der Waals surface area contributed by atoms with Crippen molar-refractivity contribution in [1.29, 1.82) is 0 Å². The fourth-order valence-corrected chi connectivity index (χ4v) is 2.35. The molecule has 0 saturated heterocycles. The van der Waals surface area contributed by atoms with Gasteiger partial charge in [0.1, 0.15) is 6.10 Å². The van der Waals surface area contributed by atoms with Gasteiger partial charge in [0.05, 0.1) is 0 Å². The normalized spacial score (nSPS) is 12.6. The first-order valence-corrected chi connectivity index (χ1v) is 6.52. The van der Waals surface area contributed by atoms with Crippen molar-refractivity contribution in [1.82, 2.24) is 4.90 Å². The van der Waals surface area contributed by atoms with E-state index >= 15 is 0 Å². The highest BCUT2D eigenvalue weighted by molar-refractivity contribution is 5.36. The molecule has 1 unspecified atom stereocenters. The summed E-state index contributed by atoms with van der Waals surface area (Å²) in [6.45, 7) is 0.920. The van der Waals surface area contributed by atoms with Crippen molar-refractivity contribution >= 4 is 0 Å². The molecule has 0 amide bonds. The topological polar surface area (TPSA) is 12.5 Å². The molecule has 0 spiro atoms. The van der Waals surface area contributed by atoms with Crippen molar-refractivity contribution in [3.8, 4) is 0 Å². The van der Waals surface area contributed by atoms with Gasteiger partial charge in [-0.3, -0.25) is 0 Å². The van der Waals surface area contributed by atoms with Crippen molar-refractivity contribution in [2.75, 3.05) is 21.2 Å². The summed E-state index contributed by atoms with van der Waals surface area (Å²) < 4.78 is 5.73. The van der Waals surface area contributed by atoms with Gasteiger partial charge in [-0.25, -0.2) is 0 Å². The Morgan fingerprint density at radius 3 is 2.21 bits per heavy atom. The number of hydrogen-bond acceptors (Lipinski definition) is 2. The SMILES string of the molecule is COC(c1ccccc1)c1ccccc1CN(C)C. The standard InChI is InChI=1S/C17H21NO/c1-18(2)13-15-11-7-8-12-16(15)17(19-3)14-9-5-4-6-10-14/h4-12,17H,13H2,1-3H3. The number of methoxy groups -OCH3 is 1. The molecule has 0 aromatic heterocycles. The van der Waals surface area contributed by atoms with Crippen LogP contribution in [0.3, 0.4) is 0 Å². The highest BCUT2D eigenvalue weighted by Gasteiger charge is 2.16. The van der Waals surface area contributed by atoms with Gasteiger partial charge >= 0.3 is 0 Å². The van der Waals surface area contributed by atoms with E-state index in [0.29, 0.717) is 0 Å². The molecule has 0 fully saturated rings. The largest absolute Gasteiger partial charge is 0.372 e. The van der Waals surface area contributed by atoms with Crippen LogP contribution in [0.25, 0.3) is 0 Å². The maximum absolute atomic E-state index is 5.73. The summed E-state index contributed by atoms with van der Waals surface area (Å²) in [6.07, 6.45) is -0.00245. The van der Waals surface area contributed by atoms with Crippen molar-refractivity contribution in [2.24, 2.45) is 0 Å². The second-order valence-electron chi connectivity index (χ2n) is 4.96. The minimum atomic E-state index is -0.00245. The Morgan fingerprint density at radius 1 is 0.947 bits per heavy atom. The predicted molar refractivity (Wildman–Crippen MR) is 79.1 cm³/mol. The van der Waals surface area contributed by atoms with E-state index in [1.54, 1.807) is 7.11 Å². The fourth-order valence-electron chi connectivity index (χ4n) is 2.35. The maximum atomic E-state index is 5.73. The molecule has 2 heteroatoms. The number of ether oxygens (including phenoxy) is 1. The first-order valence-electron chi connectivity index (χ1n) is 6.52. The van der Waals surface area contributed by atoms with E-state index in [-0.39, 0.29) is 6.10 Å². The number of nitrogens with zero attached hydrogens (tertiary/aromatic N) is 1. The monoisotopic (exact) mass is 255 g/mol. The van der Waals surface area contributed by atoms with Gasteiger partial charge < -0.3 is 9.64 Å².